The lowest BCUT2D eigenvalue weighted by molar-refractivity contribution is 0.627. The van der Waals surface area contributed by atoms with Crippen molar-refractivity contribution >= 4 is 17.1 Å². The number of benzene rings is 1. The number of nitrogens with zero attached hydrogens (tertiary/aromatic N) is 3. The highest BCUT2D eigenvalue weighted by atomic mass is 19.1. The highest BCUT2D eigenvalue weighted by Gasteiger charge is 2.30. The Morgan fingerprint density at radius 2 is 2.00 bits per heavy atom. The Labute approximate surface area is 118 Å². The maximum absolute atomic E-state index is 14.2. The summed E-state index contributed by atoms with van der Waals surface area (Å²) in [5.74, 6) is 0.466. The monoisotopic (exact) mass is 269 g/mol. The molecule has 0 fully saturated rings. The van der Waals surface area contributed by atoms with Crippen LogP contribution in [0.15, 0.2) is 49.1 Å². The van der Waals surface area contributed by atoms with Gasteiger partial charge in [-0.1, -0.05) is 19.6 Å². The van der Waals surface area contributed by atoms with Crippen LogP contribution in [0.3, 0.4) is 0 Å². The summed E-state index contributed by atoms with van der Waals surface area (Å²) in [4.78, 5) is 7.90. The van der Waals surface area contributed by atoms with Crippen molar-refractivity contribution in [3.63, 3.8) is 0 Å². The second-order valence-electron chi connectivity index (χ2n) is 4.81. The lowest BCUT2D eigenvalue weighted by Crippen LogP contribution is -2.21. The molecule has 0 radical (unpaired) electrons. The van der Waals surface area contributed by atoms with E-state index in [-0.39, 0.29) is 5.82 Å². The molecule has 0 amide bonds. The Balaban J connectivity index is 2.18. The standard InChI is InChI=1S/C16H16FN3/c1-4-12-5-6-13(17)15(9-12)20-11(2)19(3)14-7-8-18-10-16(14)20/h5-10H,2,4H2,1,3H3. The SMILES string of the molecule is C=C1N(C)c2ccncc2N1c1cc(CC)ccc1F. The molecule has 0 saturated heterocycles. The van der Waals surface area contributed by atoms with Crippen LogP contribution in [0.5, 0.6) is 0 Å². The molecule has 0 N–H and O–H groups in total. The molecule has 1 aliphatic rings. The van der Waals surface area contributed by atoms with Gasteiger partial charge in [0.15, 0.2) is 0 Å². The van der Waals surface area contributed by atoms with E-state index in [1.54, 1.807) is 12.4 Å². The van der Waals surface area contributed by atoms with Crippen molar-refractivity contribution in [1.82, 2.24) is 4.98 Å². The molecule has 1 aromatic carbocycles. The van der Waals surface area contributed by atoms with Gasteiger partial charge in [0.2, 0.25) is 0 Å². The van der Waals surface area contributed by atoms with Crippen LogP contribution in [0.2, 0.25) is 0 Å². The third kappa shape index (κ3) is 1.76. The number of anilines is 3. The lowest BCUT2D eigenvalue weighted by Gasteiger charge is -2.22. The molecule has 0 unspecified atom stereocenters. The fraction of sp³-hybridized carbons (Fsp3) is 0.188. The van der Waals surface area contributed by atoms with E-state index in [4.69, 9.17) is 0 Å². The van der Waals surface area contributed by atoms with E-state index in [1.165, 1.54) is 6.07 Å². The van der Waals surface area contributed by atoms with Crippen molar-refractivity contribution in [2.75, 3.05) is 16.8 Å². The van der Waals surface area contributed by atoms with Crippen LogP contribution in [-0.4, -0.2) is 12.0 Å². The van der Waals surface area contributed by atoms with E-state index >= 15 is 0 Å². The fourth-order valence-corrected chi connectivity index (χ4v) is 2.48. The van der Waals surface area contributed by atoms with Crippen LogP contribution in [0, 0.1) is 5.82 Å². The first-order chi connectivity index (χ1) is 9.63. The summed E-state index contributed by atoms with van der Waals surface area (Å²) in [7, 11) is 1.92. The van der Waals surface area contributed by atoms with E-state index < -0.39 is 0 Å². The summed E-state index contributed by atoms with van der Waals surface area (Å²) in [6.45, 7) is 6.11. The number of aryl methyl sites for hydroxylation is 1. The van der Waals surface area contributed by atoms with Gasteiger partial charge >= 0.3 is 0 Å². The predicted octanol–water partition coefficient (Wildman–Crippen LogP) is 3.84. The van der Waals surface area contributed by atoms with Gasteiger partial charge in [0.05, 0.1) is 23.3 Å². The van der Waals surface area contributed by atoms with Crippen molar-refractivity contribution in [3.8, 4) is 0 Å². The van der Waals surface area contributed by atoms with Gasteiger partial charge < -0.3 is 4.90 Å². The van der Waals surface area contributed by atoms with Gasteiger partial charge in [-0.05, 0) is 30.2 Å². The van der Waals surface area contributed by atoms with Crippen molar-refractivity contribution in [2.24, 2.45) is 0 Å². The van der Waals surface area contributed by atoms with Crippen LogP contribution in [-0.2, 0) is 6.42 Å². The number of rotatable bonds is 2. The smallest absolute Gasteiger partial charge is 0.147 e. The minimum absolute atomic E-state index is 0.256. The molecule has 1 aromatic heterocycles. The molecule has 0 bridgehead atoms. The van der Waals surface area contributed by atoms with Crippen molar-refractivity contribution in [3.05, 3.63) is 60.4 Å². The van der Waals surface area contributed by atoms with Crippen LogP contribution in [0.25, 0.3) is 0 Å². The second kappa shape index (κ2) is 4.63. The van der Waals surface area contributed by atoms with Gasteiger partial charge in [-0.3, -0.25) is 9.88 Å². The molecule has 0 spiro atoms. The minimum Gasteiger partial charge on any atom is -0.329 e. The molecule has 3 nitrogen and oxygen atoms in total. The van der Waals surface area contributed by atoms with E-state index in [0.717, 1.165) is 29.2 Å². The minimum atomic E-state index is -0.256. The second-order valence-corrected chi connectivity index (χ2v) is 4.81. The van der Waals surface area contributed by atoms with Crippen LogP contribution in [0.4, 0.5) is 21.5 Å². The fourth-order valence-electron chi connectivity index (χ4n) is 2.48. The Hall–Kier alpha value is -2.36. The molecule has 0 saturated carbocycles. The average molecular weight is 269 g/mol. The first kappa shape index (κ1) is 12.7. The first-order valence-corrected chi connectivity index (χ1v) is 6.58. The number of pyridine rings is 1. The van der Waals surface area contributed by atoms with E-state index in [0.29, 0.717) is 5.69 Å². The Kier molecular flexibility index (Phi) is 2.93. The van der Waals surface area contributed by atoms with Gasteiger partial charge in [-0.15, -0.1) is 0 Å². The molecule has 0 atom stereocenters. The largest absolute Gasteiger partial charge is 0.329 e. The Bertz CT molecular complexity index is 681. The third-order valence-electron chi connectivity index (χ3n) is 3.68. The topological polar surface area (TPSA) is 19.4 Å². The number of aromatic nitrogens is 1. The number of hydrogen-bond donors (Lipinski definition) is 0. The van der Waals surface area contributed by atoms with Crippen molar-refractivity contribution in [2.45, 2.75) is 13.3 Å². The molecule has 2 aromatic rings. The average Bonchev–Trinajstić information content (AvgIpc) is 2.72. The zero-order valence-electron chi connectivity index (χ0n) is 11.6. The van der Waals surface area contributed by atoms with E-state index in [1.807, 2.05) is 35.0 Å². The zero-order chi connectivity index (χ0) is 14.3. The molecular weight excluding hydrogens is 253 g/mol. The van der Waals surface area contributed by atoms with Crippen molar-refractivity contribution in [1.29, 1.82) is 0 Å². The highest BCUT2D eigenvalue weighted by molar-refractivity contribution is 5.87. The summed E-state index contributed by atoms with van der Waals surface area (Å²) in [5.41, 5.74) is 3.44. The van der Waals surface area contributed by atoms with Gasteiger partial charge in [-0.25, -0.2) is 4.39 Å². The quantitative estimate of drug-likeness (QED) is 0.825. The highest BCUT2D eigenvalue weighted by Crippen LogP contribution is 2.44. The van der Waals surface area contributed by atoms with Crippen LogP contribution >= 0.6 is 0 Å². The Morgan fingerprint density at radius 1 is 1.20 bits per heavy atom. The van der Waals surface area contributed by atoms with E-state index in [9.17, 15) is 4.39 Å². The number of halogens is 1. The maximum atomic E-state index is 14.2. The normalized spacial score (nSPS) is 13.8. The summed E-state index contributed by atoms with van der Waals surface area (Å²) >= 11 is 0. The molecule has 0 aliphatic carbocycles. The number of fused-ring (bicyclic) bond motifs is 1. The molecule has 20 heavy (non-hydrogen) atoms. The molecule has 102 valence electrons. The summed E-state index contributed by atoms with van der Waals surface area (Å²) in [6, 6.07) is 7.10. The third-order valence-corrected chi connectivity index (χ3v) is 3.68. The summed E-state index contributed by atoms with van der Waals surface area (Å²) in [5, 5.41) is 0. The van der Waals surface area contributed by atoms with Gasteiger partial charge in [0, 0.05) is 13.2 Å². The van der Waals surface area contributed by atoms with E-state index in [2.05, 4.69) is 18.5 Å². The molecule has 2 heterocycles. The molecule has 1 aliphatic heterocycles. The molecule has 3 rings (SSSR count). The van der Waals surface area contributed by atoms with Gasteiger partial charge in [0.1, 0.15) is 11.6 Å². The zero-order valence-corrected chi connectivity index (χ0v) is 11.6. The summed E-state index contributed by atoms with van der Waals surface area (Å²) in [6.07, 6.45) is 4.33. The van der Waals surface area contributed by atoms with Crippen molar-refractivity contribution < 1.29 is 4.39 Å². The summed E-state index contributed by atoms with van der Waals surface area (Å²) < 4.78 is 14.2. The van der Waals surface area contributed by atoms with Crippen LogP contribution < -0.4 is 9.80 Å². The van der Waals surface area contributed by atoms with Gasteiger partial charge in [0.25, 0.3) is 0 Å². The predicted molar refractivity (Wildman–Crippen MR) is 79.7 cm³/mol. The lowest BCUT2D eigenvalue weighted by atomic mass is 10.1. The number of hydrogen-bond acceptors (Lipinski definition) is 3. The Morgan fingerprint density at radius 3 is 2.75 bits per heavy atom. The molecule has 4 heteroatoms. The first-order valence-electron chi connectivity index (χ1n) is 6.58. The maximum Gasteiger partial charge on any atom is 0.147 e. The van der Waals surface area contributed by atoms with Gasteiger partial charge in [-0.2, -0.15) is 0 Å². The molecular formula is C16H16FN3. The van der Waals surface area contributed by atoms with Crippen LogP contribution in [0.1, 0.15) is 12.5 Å².